The molecule has 0 radical (unpaired) electrons. The molecule has 0 spiro atoms. The van der Waals surface area contributed by atoms with E-state index in [9.17, 15) is 4.79 Å². The van der Waals surface area contributed by atoms with Crippen LogP contribution in [0.4, 0.5) is 0 Å². The smallest absolute Gasteiger partial charge is 0.224 e. The molecule has 100 valence electrons. The van der Waals surface area contributed by atoms with Crippen LogP contribution >= 0.6 is 0 Å². The fraction of sp³-hybridized carbons (Fsp3) is 0.923. The monoisotopic (exact) mass is 243 g/mol. The normalized spacial score (nSPS) is 20.2. The average molecular weight is 243 g/mol. The van der Waals surface area contributed by atoms with Crippen LogP contribution in [0.25, 0.3) is 0 Å². The molecular weight excluding hydrogens is 218 g/mol. The molecule has 4 heteroatoms. The molecule has 1 atom stereocenters. The van der Waals surface area contributed by atoms with Crippen molar-refractivity contribution >= 4 is 5.91 Å². The van der Waals surface area contributed by atoms with E-state index < -0.39 is 0 Å². The Balaban J connectivity index is 2.12. The third-order valence-electron chi connectivity index (χ3n) is 3.25. The molecule has 17 heavy (non-hydrogen) atoms. The van der Waals surface area contributed by atoms with E-state index in [1.165, 1.54) is 6.42 Å². The topological polar surface area (TPSA) is 49.8 Å². The molecule has 0 aliphatic carbocycles. The summed E-state index contributed by atoms with van der Waals surface area (Å²) in [7, 11) is 1.85. The van der Waals surface area contributed by atoms with Crippen molar-refractivity contribution in [2.75, 3.05) is 26.8 Å². The maximum absolute atomic E-state index is 11.9. The predicted octanol–water partition coefficient (Wildman–Crippen LogP) is 1.57. The Morgan fingerprint density at radius 3 is 2.82 bits per heavy atom. The Bertz CT molecular complexity index is 215. The molecule has 1 heterocycles. The number of nitrogens with zero attached hydrogens (tertiary/aromatic N) is 1. The fourth-order valence-electron chi connectivity index (χ4n) is 2.08. The third kappa shape index (κ3) is 6.03. The van der Waals surface area contributed by atoms with Crippen molar-refractivity contribution in [3.8, 4) is 0 Å². The molecule has 1 rings (SSSR count). The highest BCUT2D eigenvalue weighted by Crippen LogP contribution is 2.16. The summed E-state index contributed by atoms with van der Waals surface area (Å²) in [6.45, 7) is 1.83. The van der Waals surface area contributed by atoms with Crippen molar-refractivity contribution in [2.24, 2.45) is 0 Å². The first-order valence-electron chi connectivity index (χ1n) is 6.70. The zero-order valence-electron chi connectivity index (χ0n) is 10.9. The number of hydrogen-bond acceptors (Lipinski definition) is 3. The number of ether oxygens (including phenoxy) is 1. The molecular formula is C13H25NO3. The summed E-state index contributed by atoms with van der Waals surface area (Å²) in [4.78, 5) is 13.7. The lowest BCUT2D eigenvalue weighted by atomic mass is 10.1. The number of unbranched alkanes of at least 4 members (excludes halogenated alkanes) is 2. The standard InChI is InChI=1S/C13H25NO3/c1-14(8-4-2-5-9-15)13(16)11-12-7-3-6-10-17-12/h12,15H,2-11H2,1H3. The van der Waals surface area contributed by atoms with Gasteiger partial charge in [-0.3, -0.25) is 4.79 Å². The first kappa shape index (κ1) is 14.5. The number of amides is 1. The molecule has 1 saturated heterocycles. The SMILES string of the molecule is CN(CCCCCO)C(=O)CC1CCCCO1. The molecule has 0 bridgehead atoms. The molecule has 0 aromatic carbocycles. The van der Waals surface area contributed by atoms with Gasteiger partial charge in [0, 0.05) is 26.8 Å². The van der Waals surface area contributed by atoms with Crippen molar-refractivity contribution in [3.05, 3.63) is 0 Å². The zero-order chi connectivity index (χ0) is 12.5. The van der Waals surface area contributed by atoms with Gasteiger partial charge < -0.3 is 14.7 Å². The number of hydrogen-bond donors (Lipinski definition) is 1. The number of aliphatic hydroxyl groups is 1. The zero-order valence-corrected chi connectivity index (χ0v) is 10.9. The fourth-order valence-corrected chi connectivity index (χ4v) is 2.08. The van der Waals surface area contributed by atoms with Crippen molar-refractivity contribution in [1.82, 2.24) is 4.90 Å². The van der Waals surface area contributed by atoms with Gasteiger partial charge in [0.05, 0.1) is 12.5 Å². The minimum Gasteiger partial charge on any atom is -0.396 e. The highest BCUT2D eigenvalue weighted by molar-refractivity contribution is 5.76. The second kappa shape index (κ2) is 8.48. The Morgan fingerprint density at radius 1 is 1.35 bits per heavy atom. The van der Waals surface area contributed by atoms with Crippen molar-refractivity contribution in [3.63, 3.8) is 0 Å². The molecule has 1 N–H and O–H groups in total. The Hall–Kier alpha value is -0.610. The summed E-state index contributed by atoms with van der Waals surface area (Å²) in [6.07, 6.45) is 6.76. The van der Waals surface area contributed by atoms with E-state index in [4.69, 9.17) is 9.84 Å². The molecule has 0 aromatic heterocycles. The van der Waals surface area contributed by atoms with Gasteiger partial charge in [-0.2, -0.15) is 0 Å². The van der Waals surface area contributed by atoms with Crippen LogP contribution in [0, 0.1) is 0 Å². The lowest BCUT2D eigenvalue weighted by molar-refractivity contribution is -0.133. The van der Waals surface area contributed by atoms with Crippen LogP contribution in [0.1, 0.15) is 44.9 Å². The molecule has 0 saturated carbocycles. The number of aliphatic hydroxyl groups excluding tert-OH is 1. The summed E-state index contributed by atoms with van der Waals surface area (Å²) in [6, 6.07) is 0. The van der Waals surface area contributed by atoms with E-state index >= 15 is 0 Å². The Morgan fingerprint density at radius 2 is 2.18 bits per heavy atom. The summed E-state index contributed by atoms with van der Waals surface area (Å²) in [5, 5.41) is 8.66. The third-order valence-corrected chi connectivity index (χ3v) is 3.25. The molecule has 1 amide bonds. The first-order chi connectivity index (χ1) is 8.24. The van der Waals surface area contributed by atoms with Crippen LogP contribution in [-0.2, 0) is 9.53 Å². The van der Waals surface area contributed by atoms with Crippen LogP contribution in [-0.4, -0.2) is 48.8 Å². The van der Waals surface area contributed by atoms with E-state index in [1.54, 1.807) is 4.90 Å². The first-order valence-corrected chi connectivity index (χ1v) is 6.70. The van der Waals surface area contributed by atoms with E-state index in [2.05, 4.69) is 0 Å². The van der Waals surface area contributed by atoms with Crippen LogP contribution in [0.5, 0.6) is 0 Å². The molecule has 1 unspecified atom stereocenters. The van der Waals surface area contributed by atoms with Crippen LogP contribution < -0.4 is 0 Å². The Labute approximate surface area is 104 Å². The van der Waals surface area contributed by atoms with Gasteiger partial charge in [-0.25, -0.2) is 0 Å². The van der Waals surface area contributed by atoms with Gasteiger partial charge in [0.1, 0.15) is 0 Å². The van der Waals surface area contributed by atoms with Crippen LogP contribution in [0.3, 0.4) is 0 Å². The summed E-state index contributed by atoms with van der Waals surface area (Å²) >= 11 is 0. The van der Waals surface area contributed by atoms with Crippen molar-refractivity contribution in [1.29, 1.82) is 0 Å². The molecule has 4 nitrogen and oxygen atoms in total. The summed E-state index contributed by atoms with van der Waals surface area (Å²) in [5.41, 5.74) is 0. The lowest BCUT2D eigenvalue weighted by Crippen LogP contribution is -2.32. The Kier molecular flexibility index (Phi) is 7.21. The van der Waals surface area contributed by atoms with E-state index in [1.807, 2.05) is 7.05 Å². The van der Waals surface area contributed by atoms with Crippen LogP contribution in [0.15, 0.2) is 0 Å². The maximum Gasteiger partial charge on any atom is 0.224 e. The molecule has 1 fully saturated rings. The maximum atomic E-state index is 11.9. The highest BCUT2D eigenvalue weighted by atomic mass is 16.5. The van der Waals surface area contributed by atoms with Gasteiger partial charge in [0.15, 0.2) is 0 Å². The van der Waals surface area contributed by atoms with Crippen LogP contribution in [0.2, 0.25) is 0 Å². The van der Waals surface area contributed by atoms with Gasteiger partial charge >= 0.3 is 0 Å². The van der Waals surface area contributed by atoms with Gasteiger partial charge in [0.25, 0.3) is 0 Å². The quantitative estimate of drug-likeness (QED) is 0.690. The summed E-state index contributed by atoms with van der Waals surface area (Å²) < 4.78 is 5.56. The minimum absolute atomic E-state index is 0.135. The second-order valence-electron chi connectivity index (χ2n) is 4.79. The van der Waals surface area contributed by atoms with E-state index in [0.717, 1.165) is 45.3 Å². The van der Waals surface area contributed by atoms with Crippen molar-refractivity contribution < 1.29 is 14.6 Å². The molecule has 0 aromatic rings. The number of carbonyl (C=O) groups excluding carboxylic acids is 1. The van der Waals surface area contributed by atoms with E-state index in [-0.39, 0.29) is 18.6 Å². The van der Waals surface area contributed by atoms with Crippen molar-refractivity contribution in [2.45, 2.75) is 51.0 Å². The largest absolute Gasteiger partial charge is 0.396 e. The average Bonchev–Trinajstić information content (AvgIpc) is 2.35. The lowest BCUT2D eigenvalue weighted by Gasteiger charge is -2.24. The highest BCUT2D eigenvalue weighted by Gasteiger charge is 2.19. The molecule has 1 aliphatic heterocycles. The molecule has 1 aliphatic rings. The number of rotatable bonds is 7. The summed E-state index contributed by atoms with van der Waals surface area (Å²) in [5.74, 6) is 0.181. The number of carbonyl (C=O) groups is 1. The predicted molar refractivity (Wildman–Crippen MR) is 66.8 cm³/mol. The minimum atomic E-state index is 0.135. The second-order valence-corrected chi connectivity index (χ2v) is 4.79. The van der Waals surface area contributed by atoms with Gasteiger partial charge in [0.2, 0.25) is 5.91 Å². The van der Waals surface area contributed by atoms with Gasteiger partial charge in [-0.1, -0.05) is 0 Å². The van der Waals surface area contributed by atoms with Gasteiger partial charge in [-0.05, 0) is 38.5 Å². The van der Waals surface area contributed by atoms with E-state index in [0.29, 0.717) is 6.42 Å². The van der Waals surface area contributed by atoms with Gasteiger partial charge in [-0.15, -0.1) is 0 Å².